The Balaban J connectivity index is 1.57. The van der Waals surface area contributed by atoms with Crippen LogP contribution in [0.2, 0.25) is 0 Å². The molecule has 0 atom stereocenters. The molecule has 6 nitrogen and oxygen atoms in total. The molecule has 0 aliphatic carbocycles. The van der Waals surface area contributed by atoms with Gasteiger partial charge in [-0.05, 0) is 49.4 Å². The average Bonchev–Trinajstić information content (AvgIpc) is 3.01. The van der Waals surface area contributed by atoms with Crippen LogP contribution in [0.3, 0.4) is 0 Å². The highest BCUT2D eigenvalue weighted by Gasteiger charge is 2.17. The predicted octanol–water partition coefficient (Wildman–Crippen LogP) is 3.57. The number of amides is 1. The first-order valence-electron chi connectivity index (χ1n) is 8.24. The van der Waals surface area contributed by atoms with Crippen LogP contribution in [0.25, 0.3) is 11.0 Å². The molecule has 3 aromatic rings. The van der Waals surface area contributed by atoms with Gasteiger partial charge < -0.3 is 23.9 Å². The maximum atomic E-state index is 12.4. The number of nitrogens with one attached hydrogen (secondary N) is 1. The number of methoxy groups -OCH3 is 2. The first kappa shape index (κ1) is 17.7. The molecule has 0 spiro atoms. The van der Waals surface area contributed by atoms with E-state index in [1.807, 2.05) is 37.3 Å². The molecule has 6 heteroatoms. The highest BCUT2D eigenvalue weighted by molar-refractivity contribution is 5.99. The summed E-state index contributed by atoms with van der Waals surface area (Å²) >= 11 is 0. The van der Waals surface area contributed by atoms with Crippen molar-refractivity contribution in [2.24, 2.45) is 0 Å². The fraction of sp³-hybridized carbons (Fsp3) is 0.250. The van der Waals surface area contributed by atoms with E-state index in [2.05, 4.69) is 5.32 Å². The fourth-order valence-electron chi connectivity index (χ4n) is 2.63. The highest BCUT2D eigenvalue weighted by atomic mass is 16.5. The van der Waals surface area contributed by atoms with E-state index in [1.165, 1.54) is 0 Å². The summed E-state index contributed by atoms with van der Waals surface area (Å²) < 4.78 is 21.6. The first-order valence-corrected chi connectivity index (χ1v) is 8.24. The Morgan fingerprint density at radius 2 is 1.65 bits per heavy atom. The van der Waals surface area contributed by atoms with Crippen molar-refractivity contribution < 1.29 is 23.4 Å². The summed E-state index contributed by atoms with van der Waals surface area (Å²) in [5, 5.41) is 3.67. The minimum absolute atomic E-state index is 0.268. The van der Waals surface area contributed by atoms with Crippen LogP contribution >= 0.6 is 0 Å². The fourth-order valence-corrected chi connectivity index (χ4v) is 2.63. The van der Waals surface area contributed by atoms with Gasteiger partial charge in [0.05, 0.1) is 20.8 Å². The maximum absolute atomic E-state index is 12.4. The van der Waals surface area contributed by atoms with Crippen LogP contribution in [-0.2, 0) is 0 Å². The monoisotopic (exact) mass is 355 g/mol. The van der Waals surface area contributed by atoms with E-state index in [0.29, 0.717) is 30.2 Å². The minimum Gasteiger partial charge on any atom is -0.497 e. The smallest absolute Gasteiger partial charge is 0.287 e. The summed E-state index contributed by atoms with van der Waals surface area (Å²) in [6, 6.07) is 12.7. The lowest BCUT2D eigenvalue weighted by Crippen LogP contribution is -2.28. The van der Waals surface area contributed by atoms with Gasteiger partial charge in [-0.25, -0.2) is 0 Å². The van der Waals surface area contributed by atoms with Gasteiger partial charge in [0.25, 0.3) is 5.91 Å². The Morgan fingerprint density at radius 3 is 2.35 bits per heavy atom. The molecule has 26 heavy (non-hydrogen) atoms. The van der Waals surface area contributed by atoms with E-state index in [4.69, 9.17) is 18.6 Å². The van der Waals surface area contributed by atoms with Gasteiger partial charge in [0.2, 0.25) is 0 Å². The lowest BCUT2D eigenvalue weighted by Gasteiger charge is -2.08. The number of ether oxygens (including phenoxy) is 3. The van der Waals surface area contributed by atoms with Gasteiger partial charge in [0, 0.05) is 10.9 Å². The van der Waals surface area contributed by atoms with Gasteiger partial charge in [-0.15, -0.1) is 0 Å². The Bertz CT molecular complexity index is 898. The van der Waals surface area contributed by atoms with Crippen molar-refractivity contribution in [1.29, 1.82) is 0 Å². The molecule has 0 aliphatic heterocycles. The number of carbonyl (C=O) groups excluding carboxylic acids is 1. The third kappa shape index (κ3) is 3.74. The van der Waals surface area contributed by atoms with Crippen molar-refractivity contribution in [3.8, 4) is 17.2 Å². The van der Waals surface area contributed by atoms with Gasteiger partial charge in [-0.1, -0.05) is 0 Å². The molecular weight excluding hydrogens is 334 g/mol. The van der Waals surface area contributed by atoms with Crippen LogP contribution in [0, 0.1) is 6.92 Å². The van der Waals surface area contributed by atoms with E-state index in [0.717, 1.165) is 22.4 Å². The molecule has 0 aliphatic rings. The molecular formula is C20H21NO5. The quantitative estimate of drug-likeness (QED) is 0.656. The van der Waals surface area contributed by atoms with Gasteiger partial charge in [-0.3, -0.25) is 4.79 Å². The van der Waals surface area contributed by atoms with Crippen LogP contribution in [0.15, 0.2) is 46.9 Å². The third-order valence-corrected chi connectivity index (χ3v) is 4.07. The third-order valence-electron chi connectivity index (χ3n) is 4.07. The number of aryl methyl sites for hydroxylation is 1. The van der Waals surface area contributed by atoms with Crippen LogP contribution in [0.1, 0.15) is 16.1 Å². The Kier molecular flexibility index (Phi) is 5.31. The molecule has 1 N–H and O–H groups in total. The molecule has 3 rings (SSSR count). The second-order valence-electron chi connectivity index (χ2n) is 5.70. The molecule has 0 saturated heterocycles. The van der Waals surface area contributed by atoms with E-state index < -0.39 is 0 Å². The number of rotatable bonds is 7. The molecule has 0 fully saturated rings. The Hall–Kier alpha value is -3.15. The summed E-state index contributed by atoms with van der Waals surface area (Å²) in [5.41, 5.74) is 1.44. The Labute approximate surface area is 151 Å². The van der Waals surface area contributed by atoms with Gasteiger partial charge in [0.15, 0.2) is 5.76 Å². The molecule has 0 saturated carbocycles. The minimum atomic E-state index is -0.268. The van der Waals surface area contributed by atoms with Gasteiger partial charge in [-0.2, -0.15) is 0 Å². The van der Waals surface area contributed by atoms with Gasteiger partial charge in [0.1, 0.15) is 29.4 Å². The predicted molar refractivity (Wildman–Crippen MR) is 98.3 cm³/mol. The summed E-state index contributed by atoms with van der Waals surface area (Å²) in [5.74, 6) is 2.24. The van der Waals surface area contributed by atoms with E-state index in [-0.39, 0.29) is 5.91 Å². The second-order valence-corrected chi connectivity index (χ2v) is 5.70. The molecule has 0 radical (unpaired) electrons. The van der Waals surface area contributed by atoms with E-state index in [9.17, 15) is 4.79 Å². The summed E-state index contributed by atoms with van der Waals surface area (Å²) in [6.45, 7) is 2.57. The van der Waals surface area contributed by atoms with Gasteiger partial charge >= 0.3 is 0 Å². The van der Waals surface area contributed by atoms with Crippen molar-refractivity contribution in [2.75, 3.05) is 27.4 Å². The lowest BCUT2D eigenvalue weighted by atomic mass is 10.1. The number of fused-ring (bicyclic) bond motifs is 1. The molecule has 1 aromatic heterocycles. The standard InChI is InChI=1S/C20H21NO5/c1-13-17-12-16(24-3)8-9-18(17)26-19(13)20(22)21-10-11-25-15-6-4-14(23-2)5-7-15/h4-9,12H,10-11H2,1-3H3,(H,21,22). The topological polar surface area (TPSA) is 69.9 Å². The molecule has 0 bridgehead atoms. The first-order chi connectivity index (χ1) is 12.6. The highest BCUT2D eigenvalue weighted by Crippen LogP contribution is 2.28. The van der Waals surface area contributed by atoms with Crippen molar-refractivity contribution in [2.45, 2.75) is 6.92 Å². The maximum Gasteiger partial charge on any atom is 0.287 e. The van der Waals surface area contributed by atoms with E-state index >= 15 is 0 Å². The number of benzene rings is 2. The molecule has 0 unspecified atom stereocenters. The van der Waals surface area contributed by atoms with E-state index in [1.54, 1.807) is 26.4 Å². The van der Waals surface area contributed by atoms with Crippen LogP contribution in [-0.4, -0.2) is 33.3 Å². The summed E-state index contributed by atoms with van der Waals surface area (Å²) in [7, 11) is 3.22. The summed E-state index contributed by atoms with van der Waals surface area (Å²) in [6.07, 6.45) is 0. The van der Waals surface area contributed by atoms with Crippen LogP contribution < -0.4 is 19.5 Å². The molecule has 2 aromatic carbocycles. The second kappa shape index (κ2) is 7.82. The van der Waals surface area contributed by atoms with Crippen molar-refractivity contribution in [3.63, 3.8) is 0 Å². The molecule has 1 amide bonds. The molecule has 1 heterocycles. The zero-order valence-electron chi connectivity index (χ0n) is 15.0. The summed E-state index contributed by atoms with van der Waals surface area (Å²) in [4.78, 5) is 12.4. The average molecular weight is 355 g/mol. The number of hydrogen-bond acceptors (Lipinski definition) is 5. The van der Waals surface area contributed by atoms with Crippen molar-refractivity contribution >= 4 is 16.9 Å². The zero-order valence-corrected chi connectivity index (χ0v) is 15.0. The molecule has 136 valence electrons. The van der Waals surface area contributed by atoms with Crippen molar-refractivity contribution in [1.82, 2.24) is 5.32 Å². The number of furan rings is 1. The SMILES string of the molecule is COc1ccc(OCCNC(=O)c2oc3ccc(OC)cc3c2C)cc1. The number of carbonyl (C=O) groups is 1. The van der Waals surface area contributed by atoms with Crippen LogP contribution in [0.4, 0.5) is 0 Å². The lowest BCUT2D eigenvalue weighted by molar-refractivity contribution is 0.0920. The normalized spacial score (nSPS) is 10.6. The Morgan fingerprint density at radius 1 is 1.00 bits per heavy atom. The van der Waals surface area contributed by atoms with Crippen molar-refractivity contribution in [3.05, 3.63) is 53.8 Å². The van der Waals surface area contributed by atoms with Crippen LogP contribution in [0.5, 0.6) is 17.2 Å². The number of hydrogen-bond donors (Lipinski definition) is 1. The largest absolute Gasteiger partial charge is 0.497 e. The zero-order chi connectivity index (χ0) is 18.5.